The van der Waals surface area contributed by atoms with Crippen LogP contribution >= 0.6 is 11.6 Å². The fraction of sp³-hybridized carbons (Fsp3) is 0.190. The molecule has 1 aliphatic heterocycles. The minimum absolute atomic E-state index is 0.140. The van der Waals surface area contributed by atoms with Crippen molar-refractivity contribution >= 4 is 34.7 Å². The molecule has 0 bridgehead atoms. The van der Waals surface area contributed by atoms with Gasteiger partial charge in [-0.3, -0.25) is 4.79 Å². The van der Waals surface area contributed by atoms with E-state index in [1.807, 2.05) is 24.3 Å². The van der Waals surface area contributed by atoms with Gasteiger partial charge >= 0.3 is 0 Å². The number of fused-ring (bicyclic) bond motifs is 1. The second kappa shape index (κ2) is 7.86. The first kappa shape index (κ1) is 18.3. The molecule has 0 radical (unpaired) electrons. The number of benzene rings is 2. The molecular weight excluding hydrogens is 376 g/mol. The molecule has 0 spiro atoms. The van der Waals surface area contributed by atoms with Gasteiger partial charge in [-0.2, -0.15) is 0 Å². The number of hydrogen-bond donors (Lipinski definition) is 1. The van der Waals surface area contributed by atoms with Gasteiger partial charge in [0.1, 0.15) is 5.75 Å². The summed E-state index contributed by atoms with van der Waals surface area (Å²) < 4.78 is 5.15. The van der Waals surface area contributed by atoms with Crippen LogP contribution in [0.15, 0.2) is 54.6 Å². The molecular formula is C21H19ClN4O2. The molecule has 0 fully saturated rings. The quantitative estimate of drug-likeness (QED) is 0.706. The highest BCUT2D eigenvalue weighted by Gasteiger charge is 2.24. The van der Waals surface area contributed by atoms with Gasteiger partial charge in [-0.05, 0) is 54.8 Å². The molecule has 4 rings (SSSR count). The molecule has 6 nitrogen and oxygen atoms in total. The number of halogens is 1. The monoisotopic (exact) mass is 394 g/mol. The first-order valence-electron chi connectivity index (χ1n) is 9.00. The number of aryl methyl sites for hydroxylation is 1. The van der Waals surface area contributed by atoms with Gasteiger partial charge in [-0.25, -0.2) is 0 Å². The van der Waals surface area contributed by atoms with Crippen LogP contribution in [-0.4, -0.2) is 29.8 Å². The summed E-state index contributed by atoms with van der Waals surface area (Å²) in [7, 11) is 1.57. The van der Waals surface area contributed by atoms with E-state index in [4.69, 9.17) is 16.3 Å². The summed E-state index contributed by atoms with van der Waals surface area (Å²) in [6.07, 6.45) is 1.92. The summed E-state index contributed by atoms with van der Waals surface area (Å²) >= 11 is 6.14. The van der Waals surface area contributed by atoms with E-state index in [9.17, 15) is 4.79 Å². The van der Waals surface area contributed by atoms with Gasteiger partial charge < -0.3 is 15.0 Å². The van der Waals surface area contributed by atoms with Gasteiger partial charge in [0.25, 0.3) is 5.91 Å². The Labute approximate surface area is 168 Å². The molecule has 0 saturated heterocycles. The van der Waals surface area contributed by atoms with Gasteiger partial charge in [0.05, 0.1) is 12.1 Å². The number of carbonyl (C=O) groups is 1. The fourth-order valence-electron chi connectivity index (χ4n) is 3.29. The SMILES string of the molecule is COc1ccc(Nc2ccc(C(=O)N3CCCc4ccccc43)nn2)cc1Cl. The van der Waals surface area contributed by atoms with Crippen molar-refractivity contribution in [1.82, 2.24) is 10.2 Å². The van der Waals surface area contributed by atoms with Crippen molar-refractivity contribution in [2.24, 2.45) is 0 Å². The van der Waals surface area contributed by atoms with E-state index in [0.717, 1.165) is 24.2 Å². The third kappa shape index (κ3) is 3.64. The zero-order chi connectivity index (χ0) is 19.5. The van der Waals surface area contributed by atoms with Crippen LogP contribution in [0.3, 0.4) is 0 Å². The van der Waals surface area contributed by atoms with Gasteiger partial charge in [-0.1, -0.05) is 29.8 Å². The molecule has 1 amide bonds. The van der Waals surface area contributed by atoms with Crippen molar-refractivity contribution in [3.05, 3.63) is 70.9 Å². The molecule has 2 heterocycles. The Bertz CT molecular complexity index is 1010. The Balaban J connectivity index is 1.51. The number of rotatable bonds is 4. The Morgan fingerprint density at radius 2 is 2.00 bits per heavy atom. The normalized spacial score (nSPS) is 13.0. The first-order valence-corrected chi connectivity index (χ1v) is 9.37. The van der Waals surface area contributed by atoms with E-state index in [-0.39, 0.29) is 5.91 Å². The molecule has 28 heavy (non-hydrogen) atoms. The summed E-state index contributed by atoms with van der Waals surface area (Å²) in [4.78, 5) is 14.7. The van der Waals surface area contributed by atoms with Crippen LogP contribution in [0.4, 0.5) is 17.2 Å². The third-order valence-electron chi connectivity index (χ3n) is 4.66. The number of nitrogens with one attached hydrogen (secondary N) is 1. The second-order valence-electron chi connectivity index (χ2n) is 6.47. The summed E-state index contributed by atoms with van der Waals surface area (Å²) in [6.45, 7) is 0.682. The molecule has 1 aromatic heterocycles. The Hall–Kier alpha value is -3.12. The number of ether oxygens (including phenoxy) is 1. The number of aromatic nitrogens is 2. The van der Waals surface area contributed by atoms with Gasteiger partial charge in [0, 0.05) is 17.9 Å². The smallest absolute Gasteiger partial charge is 0.278 e. The molecule has 142 valence electrons. The summed E-state index contributed by atoms with van der Waals surface area (Å²) in [5.41, 5.74) is 3.21. The number of carbonyl (C=O) groups excluding carboxylic acids is 1. The van der Waals surface area contributed by atoms with Crippen LogP contribution in [0, 0.1) is 0 Å². The van der Waals surface area contributed by atoms with Crippen molar-refractivity contribution in [2.45, 2.75) is 12.8 Å². The summed E-state index contributed by atoms with van der Waals surface area (Å²) in [5, 5.41) is 11.9. The Morgan fingerprint density at radius 1 is 1.14 bits per heavy atom. The van der Waals surface area contributed by atoms with E-state index in [1.54, 1.807) is 36.3 Å². The number of para-hydroxylation sites is 1. The zero-order valence-corrected chi connectivity index (χ0v) is 16.1. The number of nitrogens with zero attached hydrogens (tertiary/aromatic N) is 3. The van der Waals surface area contributed by atoms with E-state index < -0.39 is 0 Å². The fourth-order valence-corrected chi connectivity index (χ4v) is 3.55. The van der Waals surface area contributed by atoms with Gasteiger partial charge in [0.15, 0.2) is 11.5 Å². The van der Waals surface area contributed by atoms with Crippen LogP contribution in [0.25, 0.3) is 0 Å². The van der Waals surface area contributed by atoms with Crippen molar-refractivity contribution in [3.8, 4) is 5.75 Å². The lowest BCUT2D eigenvalue weighted by atomic mass is 10.0. The van der Waals surface area contributed by atoms with Crippen LogP contribution in [0.1, 0.15) is 22.5 Å². The van der Waals surface area contributed by atoms with Crippen LogP contribution < -0.4 is 15.0 Å². The van der Waals surface area contributed by atoms with E-state index in [1.165, 1.54) is 5.56 Å². The molecule has 2 aromatic carbocycles. The predicted octanol–water partition coefficient (Wildman–Crippen LogP) is 4.48. The van der Waals surface area contributed by atoms with E-state index in [0.29, 0.717) is 28.8 Å². The minimum Gasteiger partial charge on any atom is -0.495 e. The summed E-state index contributed by atoms with van der Waals surface area (Å²) in [5.74, 6) is 0.983. The average molecular weight is 395 g/mol. The van der Waals surface area contributed by atoms with Gasteiger partial charge in [0.2, 0.25) is 0 Å². The number of methoxy groups -OCH3 is 1. The average Bonchev–Trinajstić information content (AvgIpc) is 2.73. The Kier molecular flexibility index (Phi) is 5.12. The molecule has 3 aromatic rings. The molecule has 7 heteroatoms. The predicted molar refractivity (Wildman–Crippen MR) is 110 cm³/mol. The molecule has 0 atom stereocenters. The highest BCUT2D eigenvalue weighted by Crippen LogP contribution is 2.29. The van der Waals surface area contributed by atoms with E-state index in [2.05, 4.69) is 21.6 Å². The van der Waals surface area contributed by atoms with Crippen molar-refractivity contribution < 1.29 is 9.53 Å². The first-order chi connectivity index (χ1) is 13.7. The maximum absolute atomic E-state index is 12.9. The lowest BCUT2D eigenvalue weighted by molar-refractivity contribution is 0.0979. The van der Waals surface area contributed by atoms with E-state index >= 15 is 0 Å². The maximum Gasteiger partial charge on any atom is 0.278 e. The largest absolute Gasteiger partial charge is 0.495 e. The topological polar surface area (TPSA) is 67.3 Å². The zero-order valence-electron chi connectivity index (χ0n) is 15.4. The number of amides is 1. The molecule has 1 aliphatic rings. The lowest BCUT2D eigenvalue weighted by Crippen LogP contribution is -2.36. The molecule has 0 unspecified atom stereocenters. The van der Waals surface area contributed by atoms with Crippen LogP contribution in [-0.2, 0) is 6.42 Å². The Morgan fingerprint density at radius 3 is 2.75 bits per heavy atom. The standard InChI is InChI=1S/C21H19ClN4O2/c1-28-19-10-8-15(13-16(19)22)23-20-11-9-17(24-25-20)21(27)26-12-4-6-14-5-2-3-7-18(14)26/h2-3,5,7-11,13H,4,6,12H2,1H3,(H,23,25). The third-order valence-corrected chi connectivity index (χ3v) is 4.96. The maximum atomic E-state index is 12.9. The van der Waals surface area contributed by atoms with Crippen LogP contribution in [0.5, 0.6) is 5.75 Å². The van der Waals surface area contributed by atoms with Crippen LogP contribution in [0.2, 0.25) is 5.02 Å². The van der Waals surface area contributed by atoms with Crippen molar-refractivity contribution in [3.63, 3.8) is 0 Å². The van der Waals surface area contributed by atoms with Crippen molar-refractivity contribution in [1.29, 1.82) is 0 Å². The highest BCUT2D eigenvalue weighted by atomic mass is 35.5. The minimum atomic E-state index is -0.140. The number of anilines is 3. The molecule has 0 aliphatic carbocycles. The highest BCUT2D eigenvalue weighted by molar-refractivity contribution is 6.32. The second-order valence-corrected chi connectivity index (χ2v) is 6.87. The lowest BCUT2D eigenvalue weighted by Gasteiger charge is -2.29. The molecule has 1 N–H and O–H groups in total. The van der Waals surface area contributed by atoms with Gasteiger partial charge in [-0.15, -0.1) is 10.2 Å². The summed E-state index contributed by atoms with van der Waals surface area (Å²) in [6, 6.07) is 16.7. The molecule has 0 saturated carbocycles. The number of hydrogen-bond acceptors (Lipinski definition) is 5. The van der Waals surface area contributed by atoms with Crippen molar-refractivity contribution in [2.75, 3.05) is 23.9 Å².